The molecule has 1 heterocycles. The van der Waals surface area contributed by atoms with Gasteiger partial charge in [0.25, 0.3) is 15.9 Å². The van der Waals surface area contributed by atoms with Crippen LogP contribution < -0.4 is 0 Å². The normalized spacial score (nSPS) is 14.4. The van der Waals surface area contributed by atoms with Crippen molar-refractivity contribution in [3.05, 3.63) is 59.9 Å². The molecular formula is C18H21N3O4S. The number of amides is 1. The van der Waals surface area contributed by atoms with E-state index in [1.165, 1.54) is 26.3 Å². The lowest BCUT2D eigenvalue weighted by molar-refractivity contribution is -0.0258. The first-order valence-electron chi connectivity index (χ1n) is 8.26. The molecule has 138 valence electrons. The van der Waals surface area contributed by atoms with Crippen LogP contribution in [0, 0.1) is 0 Å². The zero-order valence-electron chi connectivity index (χ0n) is 14.7. The van der Waals surface area contributed by atoms with Crippen molar-refractivity contribution in [2.75, 3.05) is 14.2 Å². The Balaban J connectivity index is 1.80. The second kappa shape index (κ2) is 7.53. The lowest BCUT2D eigenvalue weighted by Gasteiger charge is -2.23. The highest BCUT2D eigenvalue weighted by Gasteiger charge is 2.33. The summed E-state index contributed by atoms with van der Waals surface area (Å²) >= 11 is 0. The third-order valence-electron chi connectivity index (χ3n) is 4.35. The Bertz CT molecular complexity index is 865. The molecule has 1 saturated carbocycles. The maximum absolute atomic E-state index is 12.9. The molecule has 0 aliphatic heterocycles. The summed E-state index contributed by atoms with van der Waals surface area (Å²) in [5.41, 5.74) is 1.48. The van der Waals surface area contributed by atoms with Gasteiger partial charge in [0.15, 0.2) is 0 Å². The number of sulfonamides is 1. The molecule has 1 amide bonds. The summed E-state index contributed by atoms with van der Waals surface area (Å²) in [4.78, 5) is 23.6. The van der Waals surface area contributed by atoms with Crippen LogP contribution in [0.4, 0.5) is 0 Å². The van der Waals surface area contributed by atoms with Gasteiger partial charge in [0, 0.05) is 37.6 Å². The van der Waals surface area contributed by atoms with Gasteiger partial charge in [-0.25, -0.2) is 8.42 Å². The Morgan fingerprint density at radius 1 is 1.15 bits per heavy atom. The van der Waals surface area contributed by atoms with Crippen molar-refractivity contribution < 1.29 is 18.0 Å². The molecule has 2 aromatic rings. The van der Waals surface area contributed by atoms with Gasteiger partial charge in [0.05, 0.1) is 12.0 Å². The van der Waals surface area contributed by atoms with Crippen molar-refractivity contribution in [1.29, 1.82) is 0 Å². The minimum atomic E-state index is -3.73. The van der Waals surface area contributed by atoms with Crippen molar-refractivity contribution >= 4 is 15.9 Å². The highest BCUT2D eigenvalue weighted by Crippen LogP contribution is 2.30. The van der Waals surface area contributed by atoms with Crippen molar-refractivity contribution in [3.63, 3.8) is 0 Å². The van der Waals surface area contributed by atoms with Crippen molar-refractivity contribution in [1.82, 2.24) is 14.4 Å². The Morgan fingerprint density at radius 3 is 2.31 bits per heavy atom. The van der Waals surface area contributed by atoms with E-state index in [9.17, 15) is 13.2 Å². The molecular weight excluding hydrogens is 354 g/mol. The molecule has 0 bridgehead atoms. The first kappa shape index (κ1) is 18.5. The molecule has 0 spiro atoms. The van der Waals surface area contributed by atoms with Crippen LogP contribution in [0.3, 0.4) is 0 Å². The van der Waals surface area contributed by atoms with Gasteiger partial charge in [-0.15, -0.1) is 0 Å². The average Bonchev–Trinajstić information content (AvgIpc) is 3.51. The highest BCUT2D eigenvalue weighted by atomic mass is 32.2. The number of rotatable bonds is 7. The molecule has 1 aliphatic carbocycles. The van der Waals surface area contributed by atoms with Crippen LogP contribution >= 0.6 is 0 Å². The van der Waals surface area contributed by atoms with Gasteiger partial charge in [-0.2, -0.15) is 0 Å². The van der Waals surface area contributed by atoms with E-state index in [4.69, 9.17) is 4.84 Å². The lowest BCUT2D eigenvalue weighted by Crippen LogP contribution is -2.32. The third kappa shape index (κ3) is 3.92. The fourth-order valence-corrected chi connectivity index (χ4v) is 3.59. The molecule has 26 heavy (non-hydrogen) atoms. The number of pyridine rings is 1. The number of benzene rings is 1. The van der Waals surface area contributed by atoms with E-state index >= 15 is 0 Å². The molecule has 1 fully saturated rings. The van der Waals surface area contributed by atoms with Crippen LogP contribution in [-0.4, -0.2) is 48.9 Å². The third-order valence-corrected chi connectivity index (χ3v) is 6.04. The Hall–Kier alpha value is -2.29. The number of carbonyl (C=O) groups is 1. The highest BCUT2D eigenvalue weighted by molar-refractivity contribution is 7.89. The summed E-state index contributed by atoms with van der Waals surface area (Å²) in [7, 11) is -1.13. The van der Waals surface area contributed by atoms with Gasteiger partial charge in [-0.05, 0) is 54.8 Å². The Kier molecular flexibility index (Phi) is 5.36. The topological polar surface area (TPSA) is 79.8 Å². The van der Waals surface area contributed by atoms with Gasteiger partial charge in [-0.3, -0.25) is 14.6 Å². The number of hydrogen-bond acceptors (Lipinski definition) is 5. The monoisotopic (exact) mass is 375 g/mol. The van der Waals surface area contributed by atoms with E-state index < -0.39 is 10.0 Å². The summed E-state index contributed by atoms with van der Waals surface area (Å²) < 4.78 is 25.3. The fourth-order valence-electron chi connectivity index (χ4n) is 2.62. The predicted octanol–water partition coefficient (Wildman–Crippen LogP) is 2.07. The van der Waals surface area contributed by atoms with E-state index in [2.05, 4.69) is 4.98 Å². The summed E-state index contributed by atoms with van der Waals surface area (Å²) in [5.74, 6) is -0.103. The van der Waals surface area contributed by atoms with Crippen LogP contribution in [-0.2, 0) is 21.4 Å². The molecule has 0 N–H and O–H groups in total. The van der Waals surface area contributed by atoms with E-state index in [-0.39, 0.29) is 16.8 Å². The number of hydroxylamine groups is 1. The molecule has 0 saturated heterocycles. The summed E-state index contributed by atoms with van der Waals surface area (Å²) in [5, 5.41) is 0. The standard InChI is InChI=1S/C18H21N3O4S/c1-20(25-2)26(23,24)17-7-3-15(4-8-17)18(22)21(16-5-6-16)13-14-9-11-19-12-10-14/h3-4,7-12,16H,5-6,13H2,1-2H3. The minimum Gasteiger partial charge on any atom is -0.331 e. The quantitative estimate of drug-likeness (QED) is 0.692. The zero-order chi connectivity index (χ0) is 18.7. The maximum Gasteiger partial charge on any atom is 0.264 e. The first-order chi connectivity index (χ1) is 12.4. The molecule has 1 aromatic carbocycles. The van der Waals surface area contributed by atoms with Gasteiger partial charge in [0.2, 0.25) is 0 Å². The molecule has 7 nitrogen and oxygen atoms in total. The van der Waals surface area contributed by atoms with Gasteiger partial charge < -0.3 is 4.90 Å². The van der Waals surface area contributed by atoms with Gasteiger partial charge in [-0.1, -0.05) is 4.47 Å². The molecule has 8 heteroatoms. The predicted molar refractivity (Wildman–Crippen MR) is 95.5 cm³/mol. The molecule has 0 unspecified atom stereocenters. The fraction of sp³-hybridized carbons (Fsp3) is 0.333. The van der Waals surface area contributed by atoms with Crippen LogP contribution in [0.2, 0.25) is 0 Å². The first-order valence-corrected chi connectivity index (χ1v) is 9.70. The minimum absolute atomic E-state index is 0.0745. The second-order valence-electron chi connectivity index (χ2n) is 6.14. The molecule has 3 rings (SSSR count). The SMILES string of the molecule is CON(C)S(=O)(=O)c1ccc(C(=O)N(Cc2ccncc2)C2CC2)cc1. The van der Waals surface area contributed by atoms with Crippen molar-refractivity contribution in [2.24, 2.45) is 0 Å². The van der Waals surface area contributed by atoms with E-state index in [1.54, 1.807) is 24.5 Å². The van der Waals surface area contributed by atoms with E-state index in [0.717, 1.165) is 22.9 Å². The Morgan fingerprint density at radius 2 is 1.77 bits per heavy atom. The number of hydrogen-bond donors (Lipinski definition) is 0. The van der Waals surface area contributed by atoms with E-state index in [1.807, 2.05) is 17.0 Å². The molecule has 1 aromatic heterocycles. The number of carbonyl (C=O) groups excluding carboxylic acids is 1. The van der Waals surface area contributed by atoms with Crippen LogP contribution in [0.25, 0.3) is 0 Å². The number of nitrogens with zero attached hydrogens (tertiary/aromatic N) is 3. The van der Waals surface area contributed by atoms with Gasteiger partial charge >= 0.3 is 0 Å². The average molecular weight is 375 g/mol. The smallest absolute Gasteiger partial charge is 0.264 e. The van der Waals surface area contributed by atoms with E-state index in [0.29, 0.717) is 12.1 Å². The Labute approximate surface area is 153 Å². The zero-order valence-corrected chi connectivity index (χ0v) is 15.5. The van der Waals surface area contributed by atoms with Crippen LogP contribution in [0.5, 0.6) is 0 Å². The molecule has 0 atom stereocenters. The van der Waals surface area contributed by atoms with Gasteiger partial charge in [0.1, 0.15) is 0 Å². The number of aromatic nitrogens is 1. The van der Waals surface area contributed by atoms with Crippen molar-refractivity contribution in [2.45, 2.75) is 30.3 Å². The summed E-state index contributed by atoms with van der Waals surface area (Å²) in [6, 6.07) is 9.95. The molecule has 1 aliphatic rings. The maximum atomic E-state index is 12.9. The van der Waals surface area contributed by atoms with Crippen molar-refractivity contribution in [3.8, 4) is 0 Å². The van der Waals surface area contributed by atoms with Crippen LogP contribution in [0.15, 0.2) is 53.7 Å². The summed E-state index contributed by atoms with van der Waals surface area (Å²) in [6.07, 6.45) is 5.39. The lowest BCUT2D eigenvalue weighted by atomic mass is 10.1. The second-order valence-corrected chi connectivity index (χ2v) is 8.08. The molecule has 0 radical (unpaired) electrons. The largest absolute Gasteiger partial charge is 0.331 e. The summed E-state index contributed by atoms with van der Waals surface area (Å²) in [6.45, 7) is 0.512. The van der Waals surface area contributed by atoms with Crippen LogP contribution in [0.1, 0.15) is 28.8 Å².